The summed E-state index contributed by atoms with van der Waals surface area (Å²) in [5.41, 5.74) is -0.437. The lowest BCUT2D eigenvalue weighted by Crippen LogP contribution is -2.38. The van der Waals surface area contributed by atoms with Crippen LogP contribution < -0.4 is 16.0 Å². The van der Waals surface area contributed by atoms with Gasteiger partial charge in [-0.2, -0.15) is 4.98 Å². The van der Waals surface area contributed by atoms with Crippen LogP contribution in [-0.2, 0) is 30.5 Å². The van der Waals surface area contributed by atoms with E-state index in [0.717, 1.165) is 17.4 Å². The van der Waals surface area contributed by atoms with Crippen molar-refractivity contribution in [3.63, 3.8) is 0 Å². The third-order valence-electron chi connectivity index (χ3n) is 5.29. The molecule has 0 saturated heterocycles. The number of aromatic nitrogens is 4. The molecule has 162 valence electrons. The normalized spacial score (nSPS) is 13.8. The van der Waals surface area contributed by atoms with Crippen molar-refractivity contribution in [1.82, 2.24) is 18.7 Å². The first-order valence-electron chi connectivity index (χ1n) is 9.75. The Labute approximate surface area is 178 Å². The van der Waals surface area contributed by atoms with E-state index in [2.05, 4.69) is 16.8 Å². The molecule has 10 heteroatoms. The van der Waals surface area contributed by atoms with Gasteiger partial charge in [0.15, 0.2) is 11.2 Å². The Hall–Kier alpha value is -3.32. The van der Waals surface area contributed by atoms with Crippen LogP contribution in [0.1, 0.15) is 18.4 Å². The highest BCUT2D eigenvalue weighted by Gasteiger charge is 2.33. The van der Waals surface area contributed by atoms with Crippen LogP contribution in [0.3, 0.4) is 0 Å². The van der Waals surface area contributed by atoms with E-state index < -0.39 is 21.1 Å². The Morgan fingerprint density at radius 2 is 1.94 bits per heavy atom. The molecule has 3 aromatic rings. The lowest BCUT2D eigenvalue weighted by molar-refractivity contribution is 0.414. The van der Waals surface area contributed by atoms with Gasteiger partial charge in [-0.25, -0.2) is 13.2 Å². The van der Waals surface area contributed by atoms with Crippen molar-refractivity contribution in [2.45, 2.75) is 24.5 Å². The minimum atomic E-state index is -3.68. The van der Waals surface area contributed by atoms with Crippen molar-refractivity contribution >= 4 is 21.0 Å². The molecule has 0 unspecified atom stereocenters. The highest BCUT2D eigenvalue weighted by atomic mass is 32.2. The van der Waals surface area contributed by atoms with Crippen molar-refractivity contribution < 1.29 is 13.2 Å². The number of benzene rings is 1. The smallest absolute Gasteiger partial charge is 0.333 e. The molecule has 0 atom stereocenters. The molecule has 0 aliphatic heterocycles. The molecular weight excluding hydrogens is 420 g/mol. The number of hydrogen-bond acceptors (Lipinski definition) is 6. The Balaban J connectivity index is 1.82. The molecule has 0 N–H and O–H groups in total. The van der Waals surface area contributed by atoms with Crippen LogP contribution in [0.2, 0.25) is 0 Å². The number of rotatable bonds is 5. The quantitative estimate of drug-likeness (QED) is 0.538. The van der Waals surface area contributed by atoms with Crippen molar-refractivity contribution in [2.24, 2.45) is 20.0 Å². The molecule has 1 aliphatic carbocycles. The number of nitrogens with zero attached hydrogens (tertiary/aromatic N) is 4. The molecule has 2 heterocycles. The number of ether oxygens (including phenoxy) is 1. The SMILES string of the molecule is COc1cccc(C#CCn2c(=O)n(C)c(=O)c3c2nc(S(=O)(=O)CC2CC2)n3C)c1. The highest BCUT2D eigenvalue weighted by Crippen LogP contribution is 2.32. The van der Waals surface area contributed by atoms with E-state index in [1.54, 1.807) is 31.4 Å². The summed E-state index contributed by atoms with van der Waals surface area (Å²) in [7, 11) is 0.705. The van der Waals surface area contributed by atoms with Crippen molar-refractivity contribution in [3.8, 4) is 17.6 Å². The molecule has 0 amide bonds. The van der Waals surface area contributed by atoms with E-state index >= 15 is 0 Å². The molecule has 9 nitrogen and oxygen atoms in total. The maximum atomic E-state index is 12.8. The molecular formula is C21H22N4O5S. The van der Waals surface area contributed by atoms with Crippen LogP contribution in [0.5, 0.6) is 5.75 Å². The molecule has 31 heavy (non-hydrogen) atoms. The lowest BCUT2D eigenvalue weighted by Gasteiger charge is -2.06. The second-order valence-corrected chi connectivity index (χ2v) is 9.54. The number of hydrogen-bond donors (Lipinski definition) is 0. The zero-order chi connectivity index (χ0) is 22.3. The molecule has 0 bridgehead atoms. The number of sulfone groups is 1. The Morgan fingerprint density at radius 3 is 2.61 bits per heavy atom. The number of methoxy groups -OCH3 is 1. The summed E-state index contributed by atoms with van der Waals surface area (Å²) in [5.74, 6) is 6.63. The number of imidazole rings is 1. The predicted molar refractivity (Wildman–Crippen MR) is 115 cm³/mol. The van der Waals surface area contributed by atoms with E-state index in [4.69, 9.17) is 4.74 Å². The Morgan fingerprint density at radius 1 is 1.19 bits per heavy atom. The average Bonchev–Trinajstić information content (AvgIpc) is 3.47. The zero-order valence-corrected chi connectivity index (χ0v) is 18.3. The monoisotopic (exact) mass is 442 g/mol. The summed E-state index contributed by atoms with van der Waals surface area (Å²) in [5, 5.41) is -0.202. The minimum absolute atomic E-state index is 0.00957. The van der Waals surface area contributed by atoms with Gasteiger partial charge < -0.3 is 9.30 Å². The van der Waals surface area contributed by atoms with Crippen LogP contribution in [0.25, 0.3) is 11.2 Å². The summed E-state index contributed by atoms with van der Waals surface area (Å²) >= 11 is 0. The standard InChI is InChI=1S/C21H22N4O5S/c1-23-17-18(22-20(23)31(28,29)13-15-9-10-15)25(21(27)24(2)19(17)26)11-5-7-14-6-4-8-16(12-14)30-3/h4,6,8,12,15H,9-11,13H2,1-3H3. The van der Waals surface area contributed by atoms with Gasteiger partial charge in [0.25, 0.3) is 5.56 Å². The Kier molecular flexibility index (Phi) is 5.23. The molecule has 0 radical (unpaired) electrons. The average molecular weight is 442 g/mol. The third kappa shape index (κ3) is 3.88. The van der Waals surface area contributed by atoms with Crippen LogP contribution in [-0.4, -0.2) is 40.0 Å². The van der Waals surface area contributed by atoms with E-state index in [1.165, 1.54) is 23.2 Å². The number of aryl methyl sites for hydroxylation is 1. The van der Waals surface area contributed by atoms with Gasteiger partial charge in [0.1, 0.15) is 5.75 Å². The minimum Gasteiger partial charge on any atom is -0.497 e. The second-order valence-electron chi connectivity index (χ2n) is 7.62. The summed E-state index contributed by atoms with van der Waals surface area (Å²) in [6.07, 6.45) is 1.74. The van der Waals surface area contributed by atoms with Gasteiger partial charge in [-0.15, -0.1) is 0 Å². The van der Waals surface area contributed by atoms with Gasteiger partial charge in [0, 0.05) is 19.7 Å². The van der Waals surface area contributed by atoms with Crippen LogP contribution in [0.15, 0.2) is 39.0 Å². The third-order valence-corrected chi connectivity index (χ3v) is 7.12. The fourth-order valence-corrected chi connectivity index (χ4v) is 5.26. The summed E-state index contributed by atoms with van der Waals surface area (Å²) in [4.78, 5) is 29.7. The van der Waals surface area contributed by atoms with Gasteiger partial charge in [0.2, 0.25) is 15.0 Å². The summed E-state index contributed by atoms with van der Waals surface area (Å²) in [6.45, 7) is -0.0558. The first-order valence-corrected chi connectivity index (χ1v) is 11.4. The lowest BCUT2D eigenvalue weighted by atomic mass is 10.2. The van der Waals surface area contributed by atoms with Crippen molar-refractivity contribution in [3.05, 3.63) is 50.7 Å². The van der Waals surface area contributed by atoms with Crippen molar-refractivity contribution in [2.75, 3.05) is 12.9 Å². The van der Waals surface area contributed by atoms with Crippen LogP contribution in [0.4, 0.5) is 0 Å². The maximum Gasteiger partial charge on any atom is 0.333 e. The molecule has 0 spiro atoms. The van der Waals surface area contributed by atoms with Gasteiger partial charge >= 0.3 is 5.69 Å². The van der Waals surface area contributed by atoms with Crippen LogP contribution in [0, 0.1) is 17.8 Å². The van der Waals surface area contributed by atoms with E-state index in [0.29, 0.717) is 11.3 Å². The van der Waals surface area contributed by atoms with Gasteiger partial charge in [-0.3, -0.25) is 13.9 Å². The second kappa shape index (κ2) is 7.74. The molecule has 2 aromatic heterocycles. The first-order chi connectivity index (χ1) is 14.7. The van der Waals surface area contributed by atoms with Gasteiger partial charge in [-0.05, 0) is 37.0 Å². The van der Waals surface area contributed by atoms with Gasteiger partial charge in [0.05, 0.1) is 19.4 Å². The fraction of sp³-hybridized carbons (Fsp3) is 0.381. The first kappa shape index (κ1) is 20.9. The van der Waals surface area contributed by atoms with Crippen molar-refractivity contribution in [1.29, 1.82) is 0 Å². The predicted octanol–water partition coefficient (Wildman–Crippen LogP) is 0.678. The van der Waals surface area contributed by atoms with E-state index in [9.17, 15) is 18.0 Å². The van der Waals surface area contributed by atoms with E-state index in [-0.39, 0.29) is 34.5 Å². The summed E-state index contributed by atoms with van der Waals surface area (Å²) < 4.78 is 34.2. The molecule has 1 fully saturated rings. The molecule has 4 rings (SSSR count). The largest absolute Gasteiger partial charge is 0.497 e. The highest BCUT2D eigenvalue weighted by molar-refractivity contribution is 7.91. The Bertz CT molecular complexity index is 1460. The molecule has 1 aromatic carbocycles. The van der Waals surface area contributed by atoms with Gasteiger partial charge in [-0.1, -0.05) is 17.9 Å². The van der Waals surface area contributed by atoms with Crippen LogP contribution >= 0.6 is 0 Å². The topological polar surface area (TPSA) is 105 Å². The fourth-order valence-electron chi connectivity index (χ4n) is 3.42. The maximum absolute atomic E-state index is 12.8. The molecule has 1 aliphatic rings. The van der Waals surface area contributed by atoms with E-state index in [1.807, 2.05) is 0 Å². The number of fused-ring (bicyclic) bond motifs is 1. The zero-order valence-electron chi connectivity index (χ0n) is 17.5. The molecule has 1 saturated carbocycles. The summed E-state index contributed by atoms with van der Waals surface area (Å²) in [6, 6.07) is 7.16.